The molecule has 0 saturated heterocycles. The summed E-state index contributed by atoms with van der Waals surface area (Å²) in [5.41, 5.74) is -0.0412. The van der Waals surface area contributed by atoms with Gasteiger partial charge in [0.2, 0.25) is 11.8 Å². The summed E-state index contributed by atoms with van der Waals surface area (Å²) >= 11 is 0. The van der Waals surface area contributed by atoms with Crippen molar-refractivity contribution in [1.82, 2.24) is 0 Å². The molecule has 2 amide bonds. The van der Waals surface area contributed by atoms with Crippen LogP contribution in [-0.2, 0) is 9.59 Å². The maximum absolute atomic E-state index is 13.0. The van der Waals surface area contributed by atoms with Crippen molar-refractivity contribution in [2.75, 3.05) is 17.3 Å². The summed E-state index contributed by atoms with van der Waals surface area (Å²) < 4.78 is 5.89. The average Bonchev–Trinajstić information content (AvgIpc) is 2.75. The van der Waals surface area contributed by atoms with Gasteiger partial charge in [-0.25, -0.2) is 0 Å². The third-order valence-corrected chi connectivity index (χ3v) is 4.66. The molecule has 3 aromatic carbocycles. The quantitative estimate of drug-likeness (QED) is 0.597. The van der Waals surface area contributed by atoms with E-state index >= 15 is 0 Å². The molecule has 0 aliphatic carbocycles. The van der Waals surface area contributed by atoms with E-state index in [1.54, 1.807) is 39.1 Å². The summed E-state index contributed by atoms with van der Waals surface area (Å²) in [6.45, 7) is 3.23. The van der Waals surface area contributed by atoms with Crippen molar-refractivity contribution in [3.8, 4) is 11.5 Å². The zero-order chi connectivity index (χ0) is 20.9. The van der Waals surface area contributed by atoms with E-state index in [0.717, 1.165) is 5.69 Å². The number of ether oxygens (including phenoxy) is 1. The normalized spacial score (nSPS) is 10.9. The first-order valence-electron chi connectivity index (χ1n) is 9.36. The number of para-hydroxylation sites is 4. The molecule has 0 unspecified atom stereocenters. The Morgan fingerprint density at radius 1 is 0.828 bits per heavy atom. The smallest absolute Gasteiger partial charge is 0.241 e. The van der Waals surface area contributed by atoms with Crippen LogP contribution >= 0.6 is 0 Å². The molecule has 0 aromatic heterocycles. The Kier molecular flexibility index (Phi) is 5.98. The number of benzene rings is 3. The van der Waals surface area contributed by atoms with Crippen molar-refractivity contribution in [2.24, 2.45) is 5.41 Å². The number of hydrogen-bond donors (Lipinski definition) is 1. The second kappa shape index (κ2) is 8.61. The highest BCUT2D eigenvalue weighted by Crippen LogP contribution is 2.31. The molecule has 148 valence electrons. The van der Waals surface area contributed by atoms with Crippen LogP contribution in [0, 0.1) is 5.41 Å². The van der Waals surface area contributed by atoms with Crippen LogP contribution in [0.1, 0.15) is 13.8 Å². The van der Waals surface area contributed by atoms with Crippen LogP contribution in [-0.4, -0.2) is 18.9 Å². The molecule has 1 N–H and O–H groups in total. The molecule has 0 atom stereocenters. The van der Waals surface area contributed by atoms with Crippen molar-refractivity contribution < 1.29 is 14.3 Å². The molecule has 0 bridgehead atoms. The lowest BCUT2D eigenvalue weighted by molar-refractivity contribution is -0.136. The van der Waals surface area contributed by atoms with E-state index in [1.807, 2.05) is 66.7 Å². The van der Waals surface area contributed by atoms with E-state index < -0.39 is 11.3 Å². The third kappa shape index (κ3) is 4.63. The zero-order valence-electron chi connectivity index (χ0n) is 16.8. The van der Waals surface area contributed by atoms with Gasteiger partial charge >= 0.3 is 0 Å². The summed E-state index contributed by atoms with van der Waals surface area (Å²) in [7, 11) is 1.67. The van der Waals surface area contributed by atoms with Crippen molar-refractivity contribution in [1.29, 1.82) is 0 Å². The molecule has 5 heteroatoms. The minimum Gasteiger partial charge on any atom is -0.455 e. The van der Waals surface area contributed by atoms with Crippen molar-refractivity contribution in [3.63, 3.8) is 0 Å². The summed E-state index contributed by atoms with van der Waals surface area (Å²) in [6.07, 6.45) is 0. The summed E-state index contributed by atoms with van der Waals surface area (Å²) in [6, 6.07) is 25.7. The largest absolute Gasteiger partial charge is 0.455 e. The minimum atomic E-state index is -1.27. The van der Waals surface area contributed by atoms with Crippen LogP contribution in [0.25, 0.3) is 0 Å². The van der Waals surface area contributed by atoms with Crippen LogP contribution in [0.15, 0.2) is 84.9 Å². The topological polar surface area (TPSA) is 58.6 Å². The van der Waals surface area contributed by atoms with E-state index in [2.05, 4.69) is 5.32 Å². The van der Waals surface area contributed by atoms with Gasteiger partial charge in [0.25, 0.3) is 0 Å². The van der Waals surface area contributed by atoms with E-state index in [-0.39, 0.29) is 5.91 Å². The van der Waals surface area contributed by atoms with Gasteiger partial charge in [-0.1, -0.05) is 48.5 Å². The first-order valence-corrected chi connectivity index (χ1v) is 9.36. The third-order valence-electron chi connectivity index (χ3n) is 4.66. The summed E-state index contributed by atoms with van der Waals surface area (Å²) in [4.78, 5) is 27.5. The van der Waals surface area contributed by atoms with Crippen LogP contribution in [0.3, 0.4) is 0 Å². The summed E-state index contributed by atoms with van der Waals surface area (Å²) in [5, 5.41) is 2.85. The van der Waals surface area contributed by atoms with E-state index in [1.165, 1.54) is 4.90 Å². The molecule has 0 fully saturated rings. The molecule has 3 aromatic rings. The fourth-order valence-corrected chi connectivity index (χ4v) is 2.84. The zero-order valence-corrected chi connectivity index (χ0v) is 16.8. The minimum absolute atomic E-state index is 0.303. The van der Waals surface area contributed by atoms with Gasteiger partial charge in [0.1, 0.15) is 11.2 Å². The highest BCUT2D eigenvalue weighted by atomic mass is 16.5. The van der Waals surface area contributed by atoms with Crippen molar-refractivity contribution in [3.05, 3.63) is 84.9 Å². The number of carbonyl (C=O) groups excluding carboxylic acids is 2. The number of anilines is 2. The van der Waals surface area contributed by atoms with Gasteiger partial charge < -0.3 is 15.0 Å². The molecule has 3 rings (SSSR count). The predicted molar refractivity (Wildman–Crippen MR) is 115 cm³/mol. The molecule has 0 radical (unpaired) electrons. The molecule has 0 aliphatic rings. The first kappa shape index (κ1) is 20.1. The van der Waals surface area contributed by atoms with Crippen LogP contribution in [0.4, 0.5) is 11.4 Å². The average molecular weight is 388 g/mol. The number of carbonyl (C=O) groups is 2. The van der Waals surface area contributed by atoms with Crippen molar-refractivity contribution >= 4 is 23.2 Å². The Bertz CT molecular complexity index is 985. The van der Waals surface area contributed by atoms with Gasteiger partial charge in [0.05, 0.1) is 5.69 Å². The lowest BCUT2D eigenvalue weighted by Crippen LogP contribution is -2.46. The molecule has 5 nitrogen and oxygen atoms in total. The molecule has 0 aliphatic heterocycles. The van der Waals surface area contributed by atoms with Crippen LogP contribution < -0.4 is 15.0 Å². The number of hydrogen-bond acceptors (Lipinski definition) is 3. The fourth-order valence-electron chi connectivity index (χ4n) is 2.84. The van der Waals surface area contributed by atoms with Gasteiger partial charge in [0, 0.05) is 12.7 Å². The maximum Gasteiger partial charge on any atom is 0.241 e. The number of rotatable bonds is 6. The molecule has 0 heterocycles. The Hall–Kier alpha value is -3.60. The van der Waals surface area contributed by atoms with E-state index in [4.69, 9.17) is 4.74 Å². The number of nitrogens with one attached hydrogen (secondary N) is 1. The number of nitrogens with zero attached hydrogens (tertiary/aromatic N) is 1. The second-order valence-corrected chi connectivity index (χ2v) is 7.19. The van der Waals surface area contributed by atoms with Gasteiger partial charge in [-0.2, -0.15) is 0 Å². The highest BCUT2D eigenvalue weighted by molar-refractivity contribution is 6.14. The highest BCUT2D eigenvalue weighted by Gasteiger charge is 2.39. The van der Waals surface area contributed by atoms with E-state index in [0.29, 0.717) is 17.2 Å². The lowest BCUT2D eigenvalue weighted by atomic mass is 9.90. The van der Waals surface area contributed by atoms with Gasteiger partial charge in [-0.15, -0.1) is 0 Å². The summed E-state index contributed by atoms with van der Waals surface area (Å²) in [5.74, 6) is 0.456. The van der Waals surface area contributed by atoms with Crippen LogP contribution in [0.5, 0.6) is 11.5 Å². The Morgan fingerprint density at radius 2 is 1.38 bits per heavy atom. The van der Waals surface area contributed by atoms with Gasteiger partial charge in [0.15, 0.2) is 5.75 Å². The lowest BCUT2D eigenvalue weighted by Gasteiger charge is -2.28. The fraction of sp³-hybridized carbons (Fsp3) is 0.167. The molecule has 29 heavy (non-hydrogen) atoms. The van der Waals surface area contributed by atoms with Crippen molar-refractivity contribution in [2.45, 2.75) is 13.8 Å². The molecule has 0 saturated carbocycles. The molecule has 0 spiro atoms. The second-order valence-electron chi connectivity index (χ2n) is 7.19. The predicted octanol–water partition coefficient (Wildman–Crippen LogP) is 5.11. The van der Waals surface area contributed by atoms with Gasteiger partial charge in [-0.3, -0.25) is 9.59 Å². The van der Waals surface area contributed by atoms with Gasteiger partial charge in [-0.05, 0) is 50.2 Å². The monoisotopic (exact) mass is 388 g/mol. The Balaban J connectivity index is 1.78. The standard InChI is InChI=1S/C24H24N2O3/c1-24(2,23(28)26(3)18-12-6-4-7-13-18)22(27)25-20-16-10-11-17-21(20)29-19-14-8-5-9-15-19/h4-17H,1-3H3,(H,25,27). The maximum atomic E-state index is 13.0. The molecular weight excluding hydrogens is 364 g/mol. The van der Waals surface area contributed by atoms with E-state index in [9.17, 15) is 9.59 Å². The Labute approximate surface area is 170 Å². The molecular formula is C24H24N2O3. The van der Waals surface area contributed by atoms with Crippen LogP contribution in [0.2, 0.25) is 0 Å². The number of amides is 2. The first-order chi connectivity index (χ1) is 13.9. The SMILES string of the molecule is CN(C(=O)C(C)(C)C(=O)Nc1ccccc1Oc1ccccc1)c1ccccc1. The Morgan fingerprint density at radius 3 is 2.03 bits per heavy atom.